The lowest BCUT2D eigenvalue weighted by atomic mass is 10.0. The Labute approximate surface area is 461 Å². The van der Waals surface area contributed by atoms with Gasteiger partial charge >= 0.3 is 31.4 Å². The Morgan fingerprint density at radius 1 is 0.553 bits per heavy atom. The molecule has 0 aliphatic carbocycles. The molecule has 3 aromatic carbocycles. The minimum atomic E-state index is -1.32. The summed E-state index contributed by atoms with van der Waals surface area (Å²) in [6, 6.07) is 23.0. The number of halogens is 2. The average molecular weight is 1110 g/mol. The minimum absolute atomic E-state index is 0. The number of rotatable bonds is 26. The van der Waals surface area contributed by atoms with E-state index in [4.69, 9.17) is 45.7 Å². The summed E-state index contributed by atoms with van der Waals surface area (Å²) in [5, 5.41) is 44.5. The lowest BCUT2D eigenvalue weighted by Gasteiger charge is -2.22. The number of benzene rings is 3. The Balaban J connectivity index is -0.000000964. The number of hydrogen-bond acceptors (Lipinski definition) is 17. The van der Waals surface area contributed by atoms with E-state index in [-0.39, 0.29) is 69.4 Å². The van der Waals surface area contributed by atoms with Crippen LogP contribution in [0, 0.1) is 17.8 Å². The topological polar surface area (TPSA) is 341 Å². The average Bonchev–Trinajstić information content (AvgIpc) is 4.19. The fraction of sp³-hybridized carbons (Fsp3) is 0.510. The highest BCUT2D eigenvalue weighted by molar-refractivity contribution is 6.57. The molecule has 3 radical (unpaired) electrons. The number of carboxylic acids is 1. The van der Waals surface area contributed by atoms with Crippen molar-refractivity contribution in [1.29, 1.82) is 0 Å². The summed E-state index contributed by atoms with van der Waals surface area (Å²) in [5.74, 6) is -3.85. The number of aliphatic hydroxyl groups is 3. The van der Waals surface area contributed by atoms with Gasteiger partial charge in [-0.15, -0.1) is 24.8 Å². The van der Waals surface area contributed by atoms with Crippen molar-refractivity contribution in [2.75, 3.05) is 19.8 Å². The van der Waals surface area contributed by atoms with Crippen LogP contribution in [0.1, 0.15) is 84.9 Å². The third-order valence-corrected chi connectivity index (χ3v) is 9.78. The van der Waals surface area contributed by atoms with Gasteiger partial charge in [0.15, 0.2) is 5.81 Å². The van der Waals surface area contributed by atoms with E-state index in [1.165, 1.54) is 7.48 Å². The SMILES string of the molecule is C.CC(C)C[C@H](N)C(=O)OCc1ccccc1.CC(C)C[C@H](NC(=O)[C@@H](N)CO)C(=O)OCc1ccccc1.CC(C)C[C@H](NC(=O)[C@H](CO)NC1[B]O1)C(=O)OCc1ccccc1.Cl.Cl.[B]C(=O)N[C@@H](CO)C(=O)O. The van der Waals surface area contributed by atoms with Gasteiger partial charge in [0.05, 0.1) is 25.9 Å². The Kier molecular flexibility index (Phi) is 41.7. The third-order valence-electron chi connectivity index (χ3n) is 9.78. The summed E-state index contributed by atoms with van der Waals surface area (Å²) in [7, 11) is 6.09. The number of carboxylic acid groups (broad SMARTS) is 1. The van der Waals surface area contributed by atoms with Gasteiger partial charge in [-0.25, -0.2) is 14.4 Å². The van der Waals surface area contributed by atoms with Crippen LogP contribution in [0.15, 0.2) is 91.0 Å². The molecule has 25 heteroatoms. The molecule has 1 saturated heterocycles. The van der Waals surface area contributed by atoms with E-state index in [9.17, 15) is 38.7 Å². The van der Waals surface area contributed by atoms with Gasteiger partial charge in [-0.1, -0.05) is 140 Å². The predicted octanol–water partition coefficient (Wildman–Crippen LogP) is 2.62. The normalized spacial score (nSPS) is 14.1. The molecule has 3 amide bonds. The second-order valence-electron chi connectivity index (χ2n) is 17.9. The molecule has 21 nitrogen and oxygen atoms in total. The molecule has 12 N–H and O–H groups in total. The van der Waals surface area contributed by atoms with Crippen LogP contribution in [0.2, 0.25) is 0 Å². The third kappa shape index (κ3) is 34.9. The smallest absolute Gasteiger partial charge is 0.342 e. The highest BCUT2D eigenvalue weighted by atomic mass is 35.5. The maximum absolute atomic E-state index is 12.4. The van der Waals surface area contributed by atoms with Crippen molar-refractivity contribution >= 4 is 81.6 Å². The predicted molar refractivity (Wildman–Crippen MR) is 293 cm³/mol. The molecule has 1 fully saturated rings. The van der Waals surface area contributed by atoms with Crippen LogP contribution in [-0.2, 0) is 67.5 Å². The first-order valence-electron chi connectivity index (χ1n) is 23.7. The van der Waals surface area contributed by atoms with Crippen LogP contribution in [0.5, 0.6) is 0 Å². The molecule has 0 bridgehead atoms. The van der Waals surface area contributed by atoms with E-state index in [0.29, 0.717) is 31.8 Å². The zero-order chi connectivity index (χ0) is 54.9. The fourth-order valence-corrected chi connectivity index (χ4v) is 5.99. The van der Waals surface area contributed by atoms with Crippen LogP contribution in [-0.4, -0.2) is 139 Å². The Morgan fingerprint density at radius 3 is 1.20 bits per heavy atom. The summed E-state index contributed by atoms with van der Waals surface area (Å²) in [6.07, 6.45) is 1.21. The molecule has 4 rings (SSSR count). The maximum Gasteiger partial charge on any atom is 0.342 e. The number of nitrogens with two attached hydrogens (primary N) is 2. The molecule has 0 spiro atoms. The van der Waals surface area contributed by atoms with Crippen LogP contribution >= 0.6 is 24.8 Å². The first-order chi connectivity index (χ1) is 34.6. The van der Waals surface area contributed by atoms with Gasteiger partial charge < -0.3 is 66.7 Å². The van der Waals surface area contributed by atoms with Gasteiger partial charge in [0.1, 0.15) is 56.1 Å². The van der Waals surface area contributed by atoms with E-state index in [1.807, 2.05) is 138 Å². The van der Waals surface area contributed by atoms with Crippen LogP contribution in [0.25, 0.3) is 0 Å². The van der Waals surface area contributed by atoms with Gasteiger partial charge in [0.2, 0.25) is 19.7 Å². The minimum Gasteiger partial charge on any atom is -0.480 e. The number of aliphatic carboxylic acids is 1. The zero-order valence-electron chi connectivity index (χ0n) is 43.2. The lowest BCUT2D eigenvalue weighted by Crippen LogP contribution is -2.53. The quantitative estimate of drug-likeness (QED) is 0.0239. The molecule has 423 valence electrons. The van der Waals surface area contributed by atoms with Crippen molar-refractivity contribution in [2.45, 2.75) is 130 Å². The van der Waals surface area contributed by atoms with Crippen molar-refractivity contribution in [3.8, 4) is 0 Å². The summed E-state index contributed by atoms with van der Waals surface area (Å²) < 4.78 is 20.6. The number of carbonyl (C=O) groups is 7. The van der Waals surface area contributed by atoms with Gasteiger partial charge in [-0.3, -0.25) is 24.5 Å². The molecule has 0 aromatic heterocycles. The number of hydrogen-bond donors (Lipinski definition) is 10. The van der Waals surface area contributed by atoms with Gasteiger partial charge in [-0.05, 0) is 53.7 Å². The second kappa shape index (κ2) is 42.5. The molecule has 7 atom stereocenters. The van der Waals surface area contributed by atoms with E-state index >= 15 is 0 Å². The number of nitrogens with one attached hydrogen (secondary N) is 4. The molecule has 76 heavy (non-hydrogen) atoms. The van der Waals surface area contributed by atoms with Crippen LogP contribution < -0.4 is 32.7 Å². The van der Waals surface area contributed by atoms with Crippen molar-refractivity contribution in [3.05, 3.63) is 108 Å². The fourth-order valence-electron chi connectivity index (χ4n) is 5.99. The first kappa shape index (κ1) is 74.6. The molecule has 1 heterocycles. The summed E-state index contributed by atoms with van der Waals surface area (Å²) in [6.45, 7) is 10.9. The molecule has 3 aromatic rings. The number of esters is 3. The summed E-state index contributed by atoms with van der Waals surface area (Å²) >= 11 is 0. The summed E-state index contributed by atoms with van der Waals surface area (Å²) in [5.41, 5.74) is 13.9. The van der Waals surface area contributed by atoms with Crippen molar-refractivity contribution in [2.24, 2.45) is 29.2 Å². The monoisotopic (exact) mass is 1110 g/mol. The molecular weight excluding hydrogens is 1030 g/mol. The van der Waals surface area contributed by atoms with Crippen LogP contribution in [0.4, 0.5) is 4.79 Å². The van der Waals surface area contributed by atoms with Crippen molar-refractivity contribution < 1.29 is 72.9 Å². The van der Waals surface area contributed by atoms with Gasteiger partial charge in [0, 0.05) is 0 Å². The number of amides is 3. The van der Waals surface area contributed by atoms with E-state index in [1.54, 1.807) is 0 Å². The Morgan fingerprint density at radius 2 is 0.908 bits per heavy atom. The van der Waals surface area contributed by atoms with Gasteiger partial charge in [0.25, 0.3) is 0 Å². The largest absolute Gasteiger partial charge is 0.480 e. The maximum atomic E-state index is 12.4. The Bertz CT molecular complexity index is 2090. The zero-order valence-corrected chi connectivity index (χ0v) is 44.8. The number of ether oxygens (including phenoxy) is 3. The van der Waals surface area contributed by atoms with Crippen molar-refractivity contribution in [3.63, 3.8) is 0 Å². The van der Waals surface area contributed by atoms with E-state index in [0.717, 1.165) is 16.7 Å². The molecule has 1 aliphatic heterocycles. The number of carbonyl (C=O) groups excluding carboxylic acids is 6. The lowest BCUT2D eigenvalue weighted by molar-refractivity contribution is -0.150. The molecular formula is C51H79B2Cl2N6O15. The summed E-state index contributed by atoms with van der Waals surface area (Å²) in [4.78, 5) is 80.1. The van der Waals surface area contributed by atoms with E-state index < -0.39 is 91.6 Å². The number of aliphatic hydroxyl groups excluding tert-OH is 3. The van der Waals surface area contributed by atoms with Crippen molar-refractivity contribution in [1.82, 2.24) is 21.3 Å². The Hall–Kier alpha value is -5.62. The standard InChI is InChI=1S/C17H24BN2O5.C16H24N2O4.C13H19NO2.C4H6BNO4.CH4.2ClH/c1-11(2)8-13(16(23)24-10-12-6-4-3-5-7-12)19-15(22)14(9-21)20-17-18-25-17;1-11(2)8-14(18-15(20)13(17)9-19)16(21)22-10-12-6-4-3-5-7-12;1-10(2)8-12(14)13(15)16-9-11-6-4-3-5-7-11;5-4(10)6-2(1-7)3(8)9;;;/h3-7,11,13-14,17,20-21H,8-10H2,1-2H3,(H,19,22);3-7,11,13-14,19H,8-10,17H2,1-2H3,(H,18,20);3-7,10,12H,8-9,14H2,1-2H3;2,7H,1H2,(H,6,10)(H,8,9);1H4;2*1H/t13-,14-,17?;13-,14-;12-;2-;;;/m0000.../s1. The van der Waals surface area contributed by atoms with E-state index in [2.05, 4.69) is 23.8 Å². The highest BCUT2D eigenvalue weighted by Gasteiger charge is 2.33. The molecule has 1 unspecified atom stereocenters. The first-order valence-corrected chi connectivity index (χ1v) is 23.7. The highest BCUT2D eigenvalue weighted by Crippen LogP contribution is 2.12. The van der Waals surface area contributed by atoms with Crippen LogP contribution in [0.3, 0.4) is 0 Å². The van der Waals surface area contributed by atoms with Gasteiger partial charge in [-0.2, -0.15) is 0 Å². The molecule has 0 saturated carbocycles. The molecule has 1 aliphatic rings. The second-order valence-corrected chi connectivity index (χ2v) is 17.9.